The second-order valence-electron chi connectivity index (χ2n) is 7.38. The molecule has 1 saturated carbocycles. The van der Waals surface area contributed by atoms with Crippen LogP contribution in [0.1, 0.15) is 32.1 Å². The van der Waals surface area contributed by atoms with Gasteiger partial charge in [0.2, 0.25) is 0 Å². The van der Waals surface area contributed by atoms with Gasteiger partial charge in [-0.15, -0.1) is 0 Å². The Morgan fingerprint density at radius 2 is 1.96 bits per heavy atom. The zero-order chi connectivity index (χ0) is 18.9. The van der Waals surface area contributed by atoms with Gasteiger partial charge in [0.05, 0.1) is 0 Å². The fourth-order valence-electron chi connectivity index (χ4n) is 4.01. The number of fused-ring (bicyclic) bond motifs is 1. The van der Waals surface area contributed by atoms with Crippen LogP contribution in [-0.4, -0.2) is 21.0 Å². The van der Waals surface area contributed by atoms with Gasteiger partial charge < -0.3 is 10.3 Å². The number of aromatic nitrogens is 3. The molecule has 28 heavy (non-hydrogen) atoms. The maximum absolute atomic E-state index is 6.37. The van der Waals surface area contributed by atoms with Crippen LogP contribution in [-0.2, 0) is 0 Å². The van der Waals surface area contributed by atoms with E-state index in [-0.39, 0.29) is 0 Å². The minimum Gasteiger partial charge on any atom is -0.367 e. The molecule has 0 bridgehead atoms. The molecule has 0 aliphatic heterocycles. The largest absolute Gasteiger partial charge is 0.367 e. The first-order valence-corrected chi connectivity index (χ1v) is 11.0. The number of anilines is 1. The molecular weight excluding hydrogens is 388 g/mol. The van der Waals surface area contributed by atoms with Gasteiger partial charge in [0.15, 0.2) is 0 Å². The number of rotatable bonds is 4. The molecule has 4 aromatic rings. The number of hydrogen-bond acceptors (Lipinski definition) is 4. The lowest BCUT2D eigenvalue weighted by Gasteiger charge is -2.23. The molecule has 0 saturated heterocycles. The van der Waals surface area contributed by atoms with Crippen molar-refractivity contribution < 1.29 is 0 Å². The van der Waals surface area contributed by atoms with E-state index in [1.165, 1.54) is 37.7 Å². The summed E-state index contributed by atoms with van der Waals surface area (Å²) in [4.78, 5) is 12.4. The van der Waals surface area contributed by atoms with Crippen molar-refractivity contribution in [2.75, 3.05) is 5.32 Å². The fourth-order valence-corrected chi connectivity index (χ4v) is 4.88. The summed E-state index contributed by atoms with van der Waals surface area (Å²) in [5, 5.41) is 9.41. The Hall–Kier alpha value is -2.37. The Bertz CT molecular complexity index is 1100. The van der Waals surface area contributed by atoms with E-state index in [1.54, 1.807) is 11.3 Å². The Kier molecular flexibility index (Phi) is 4.79. The number of H-pyrrole nitrogens is 1. The second-order valence-corrected chi connectivity index (χ2v) is 8.54. The number of thiophene rings is 1. The first kappa shape index (κ1) is 17.7. The summed E-state index contributed by atoms with van der Waals surface area (Å²) in [5.41, 5.74) is 5.34. The molecule has 4 heterocycles. The lowest BCUT2D eigenvalue weighted by Crippen LogP contribution is -2.22. The van der Waals surface area contributed by atoms with Crippen molar-refractivity contribution in [2.24, 2.45) is 0 Å². The Balaban J connectivity index is 1.53. The smallest absolute Gasteiger partial charge is 0.137 e. The van der Waals surface area contributed by atoms with Gasteiger partial charge in [-0.25, -0.2) is 9.97 Å². The molecule has 4 aromatic heterocycles. The Morgan fingerprint density at radius 3 is 2.79 bits per heavy atom. The van der Waals surface area contributed by atoms with Gasteiger partial charge in [0.1, 0.15) is 16.6 Å². The van der Waals surface area contributed by atoms with Crippen LogP contribution < -0.4 is 5.32 Å². The summed E-state index contributed by atoms with van der Waals surface area (Å²) in [7, 11) is 0. The zero-order valence-electron chi connectivity index (χ0n) is 15.4. The summed E-state index contributed by atoms with van der Waals surface area (Å²) < 4.78 is 0. The molecule has 0 spiro atoms. The van der Waals surface area contributed by atoms with Crippen molar-refractivity contribution in [2.45, 2.75) is 38.1 Å². The molecule has 0 radical (unpaired) electrons. The number of aromatic amines is 1. The summed E-state index contributed by atoms with van der Waals surface area (Å²) in [6, 6.07) is 8.82. The first-order chi connectivity index (χ1) is 13.8. The van der Waals surface area contributed by atoms with E-state index in [2.05, 4.69) is 49.2 Å². The summed E-state index contributed by atoms with van der Waals surface area (Å²) >= 11 is 8.07. The third kappa shape index (κ3) is 3.52. The number of halogens is 1. The van der Waals surface area contributed by atoms with Crippen LogP contribution in [0.15, 0.2) is 47.4 Å². The first-order valence-electron chi connectivity index (χ1n) is 9.70. The van der Waals surface area contributed by atoms with Crippen molar-refractivity contribution in [3.63, 3.8) is 0 Å². The SMILES string of the molecule is Clc1cc(-c2c[nH]c3ncc(-c4ccsc4)cc23)cc(NC2CCCCC2)n1. The lowest BCUT2D eigenvalue weighted by molar-refractivity contribution is 0.462. The maximum Gasteiger partial charge on any atom is 0.137 e. The maximum atomic E-state index is 6.37. The average Bonchev–Trinajstić information content (AvgIpc) is 3.38. The Labute approximate surface area is 173 Å². The van der Waals surface area contributed by atoms with Crippen molar-refractivity contribution in [3.05, 3.63) is 52.6 Å². The lowest BCUT2D eigenvalue weighted by atomic mass is 9.95. The van der Waals surface area contributed by atoms with E-state index in [1.807, 2.05) is 18.5 Å². The van der Waals surface area contributed by atoms with Gasteiger partial charge in [-0.05, 0) is 59.0 Å². The van der Waals surface area contributed by atoms with Crippen molar-refractivity contribution in [3.8, 4) is 22.3 Å². The van der Waals surface area contributed by atoms with Crippen LogP contribution in [0.3, 0.4) is 0 Å². The van der Waals surface area contributed by atoms with Crippen molar-refractivity contribution in [1.29, 1.82) is 0 Å². The van der Waals surface area contributed by atoms with Crippen LogP contribution in [0.2, 0.25) is 5.15 Å². The molecule has 142 valence electrons. The molecule has 1 fully saturated rings. The van der Waals surface area contributed by atoms with E-state index in [0.29, 0.717) is 11.2 Å². The molecule has 6 heteroatoms. The highest BCUT2D eigenvalue weighted by Gasteiger charge is 2.16. The van der Waals surface area contributed by atoms with E-state index < -0.39 is 0 Å². The molecule has 0 atom stereocenters. The van der Waals surface area contributed by atoms with Crippen LogP contribution in [0.25, 0.3) is 33.3 Å². The summed E-state index contributed by atoms with van der Waals surface area (Å²) in [5.74, 6) is 0.852. The van der Waals surface area contributed by atoms with E-state index in [0.717, 1.165) is 33.5 Å². The van der Waals surface area contributed by atoms with Crippen molar-refractivity contribution >= 4 is 39.8 Å². The summed E-state index contributed by atoms with van der Waals surface area (Å²) in [6.07, 6.45) is 10.2. The monoisotopic (exact) mass is 408 g/mol. The van der Waals surface area contributed by atoms with Crippen LogP contribution in [0.5, 0.6) is 0 Å². The standard InChI is InChI=1S/C22H21ClN4S/c23-20-9-15(10-21(27-20)26-17-4-2-1-3-5-17)19-12-25-22-18(19)8-16(11-24-22)14-6-7-28-13-14/h6-13,17H,1-5H2,(H,24,25)(H,26,27). The van der Waals surface area contributed by atoms with Gasteiger partial charge in [0, 0.05) is 34.9 Å². The molecule has 5 rings (SSSR count). The van der Waals surface area contributed by atoms with Gasteiger partial charge in [-0.3, -0.25) is 0 Å². The van der Waals surface area contributed by atoms with Crippen LogP contribution in [0, 0.1) is 0 Å². The highest BCUT2D eigenvalue weighted by atomic mass is 35.5. The highest BCUT2D eigenvalue weighted by molar-refractivity contribution is 7.08. The second kappa shape index (κ2) is 7.57. The minimum absolute atomic E-state index is 0.488. The van der Waals surface area contributed by atoms with Crippen LogP contribution in [0.4, 0.5) is 5.82 Å². The fraction of sp³-hybridized carbons (Fsp3) is 0.273. The topological polar surface area (TPSA) is 53.6 Å². The van der Waals surface area contributed by atoms with Gasteiger partial charge in [-0.1, -0.05) is 30.9 Å². The third-order valence-electron chi connectivity index (χ3n) is 5.45. The molecule has 2 N–H and O–H groups in total. The van der Waals surface area contributed by atoms with Gasteiger partial charge in [-0.2, -0.15) is 11.3 Å². The number of pyridine rings is 2. The predicted octanol–water partition coefficient (Wildman–Crippen LogP) is 6.75. The molecule has 1 aliphatic rings. The molecule has 0 aromatic carbocycles. The summed E-state index contributed by atoms with van der Waals surface area (Å²) in [6.45, 7) is 0. The van der Waals surface area contributed by atoms with Gasteiger partial charge in [0.25, 0.3) is 0 Å². The van der Waals surface area contributed by atoms with Crippen molar-refractivity contribution in [1.82, 2.24) is 15.0 Å². The normalized spacial score (nSPS) is 15.2. The van der Waals surface area contributed by atoms with E-state index >= 15 is 0 Å². The predicted molar refractivity (Wildman–Crippen MR) is 118 cm³/mol. The number of hydrogen-bond donors (Lipinski definition) is 2. The zero-order valence-corrected chi connectivity index (χ0v) is 17.0. The molecule has 4 nitrogen and oxygen atoms in total. The van der Waals surface area contributed by atoms with Crippen LogP contribution >= 0.6 is 22.9 Å². The molecular formula is C22H21ClN4S. The number of nitrogens with zero attached hydrogens (tertiary/aromatic N) is 2. The average molecular weight is 409 g/mol. The molecule has 1 aliphatic carbocycles. The molecule has 0 amide bonds. The van der Waals surface area contributed by atoms with E-state index in [9.17, 15) is 0 Å². The number of nitrogens with one attached hydrogen (secondary N) is 2. The third-order valence-corrected chi connectivity index (χ3v) is 6.32. The van der Waals surface area contributed by atoms with E-state index in [4.69, 9.17) is 11.6 Å². The quantitative estimate of drug-likeness (QED) is 0.367. The minimum atomic E-state index is 0.488. The van der Waals surface area contributed by atoms with Gasteiger partial charge >= 0.3 is 0 Å². The Morgan fingerprint density at radius 1 is 1.07 bits per heavy atom. The highest BCUT2D eigenvalue weighted by Crippen LogP contribution is 2.34. The molecule has 0 unspecified atom stereocenters.